The maximum Gasteiger partial charge on any atom is 0.279 e. The third-order valence-electron chi connectivity index (χ3n) is 5.75. The molecule has 0 saturated carbocycles. The lowest BCUT2D eigenvalue weighted by Gasteiger charge is -2.22. The molecule has 2 N–H and O–H groups in total. The van der Waals surface area contributed by atoms with Crippen molar-refractivity contribution in [1.82, 2.24) is 0 Å². The van der Waals surface area contributed by atoms with Crippen molar-refractivity contribution in [2.75, 3.05) is 31.6 Å². The van der Waals surface area contributed by atoms with Crippen molar-refractivity contribution in [2.24, 2.45) is 0 Å². The van der Waals surface area contributed by atoms with Crippen LogP contribution in [-0.4, -0.2) is 37.1 Å². The van der Waals surface area contributed by atoms with Crippen molar-refractivity contribution in [3.05, 3.63) is 57.6 Å². The molecule has 30 heavy (non-hydrogen) atoms. The van der Waals surface area contributed by atoms with E-state index in [-0.39, 0.29) is 17.6 Å². The van der Waals surface area contributed by atoms with Gasteiger partial charge in [-0.3, -0.25) is 14.9 Å². The summed E-state index contributed by atoms with van der Waals surface area (Å²) in [6.45, 7) is 4.33. The number of carbonyl (C=O) groups excluding carboxylic acids is 1. The van der Waals surface area contributed by atoms with Crippen LogP contribution in [0.2, 0.25) is 0 Å². The zero-order valence-electron chi connectivity index (χ0n) is 17.0. The molecule has 2 heterocycles. The Hall–Kier alpha value is -3.13. The summed E-state index contributed by atoms with van der Waals surface area (Å²) in [4.78, 5) is 24.5. The molecule has 1 fully saturated rings. The van der Waals surface area contributed by atoms with Crippen molar-refractivity contribution < 1.29 is 24.1 Å². The van der Waals surface area contributed by atoms with Crippen molar-refractivity contribution in [3.63, 3.8) is 0 Å². The number of hydrogen-bond acceptors (Lipinski definition) is 5. The molecule has 2 aliphatic rings. The van der Waals surface area contributed by atoms with E-state index in [1.54, 1.807) is 6.07 Å². The van der Waals surface area contributed by atoms with Crippen LogP contribution in [0.1, 0.15) is 36.4 Å². The van der Waals surface area contributed by atoms with E-state index >= 15 is 0 Å². The molecule has 2 atom stereocenters. The van der Waals surface area contributed by atoms with Gasteiger partial charge >= 0.3 is 0 Å². The largest absolute Gasteiger partial charge is 0.490 e. The Morgan fingerprint density at radius 3 is 2.77 bits per heavy atom. The molecule has 2 aromatic rings. The average Bonchev–Trinajstić information content (AvgIpc) is 3.04. The van der Waals surface area contributed by atoms with Crippen molar-refractivity contribution in [1.29, 1.82) is 0 Å². The fraction of sp³-hybridized carbons (Fsp3) is 0.409. The molecule has 2 aromatic carbocycles. The highest BCUT2D eigenvalue weighted by atomic mass is 16.6. The molecule has 8 nitrogen and oxygen atoms in total. The lowest BCUT2D eigenvalue weighted by Crippen LogP contribution is -3.11. The summed E-state index contributed by atoms with van der Waals surface area (Å²) in [7, 11) is 0. The number of hydrogen-bond donors (Lipinski definition) is 2. The van der Waals surface area contributed by atoms with Gasteiger partial charge in [-0.25, -0.2) is 0 Å². The van der Waals surface area contributed by atoms with Gasteiger partial charge in [0.15, 0.2) is 18.0 Å². The van der Waals surface area contributed by atoms with Crippen molar-refractivity contribution in [3.8, 4) is 11.5 Å². The first-order chi connectivity index (χ1) is 14.5. The summed E-state index contributed by atoms with van der Waals surface area (Å²) in [5.41, 5.74) is 2.39. The van der Waals surface area contributed by atoms with Gasteiger partial charge in [-0.05, 0) is 30.7 Å². The Bertz CT molecular complexity index is 962. The summed E-state index contributed by atoms with van der Waals surface area (Å²) in [5.74, 6) is 1.40. The van der Waals surface area contributed by atoms with E-state index in [4.69, 9.17) is 9.47 Å². The molecule has 8 heteroatoms. The number of rotatable bonds is 5. The third kappa shape index (κ3) is 4.38. The van der Waals surface area contributed by atoms with Gasteiger partial charge in [-0.15, -0.1) is 0 Å². The van der Waals surface area contributed by atoms with E-state index in [1.165, 1.54) is 17.0 Å². The van der Waals surface area contributed by atoms with Gasteiger partial charge in [-0.1, -0.05) is 6.07 Å². The highest BCUT2D eigenvalue weighted by molar-refractivity contribution is 5.92. The minimum atomic E-state index is -0.457. The molecule has 0 spiro atoms. The quantitative estimate of drug-likeness (QED) is 0.581. The van der Waals surface area contributed by atoms with Gasteiger partial charge in [0.1, 0.15) is 6.04 Å². The van der Waals surface area contributed by atoms with Crippen LogP contribution in [0.15, 0.2) is 36.4 Å². The first kappa shape index (κ1) is 20.2. The van der Waals surface area contributed by atoms with Gasteiger partial charge in [0.2, 0.25) is 0 Å². The molecule has 0 aromatic heterocycles. The minimum Gasteiger partial charge on any atom is -0.490 e. The van der Waals surface area contributed by atoms with E-state index < -0.39 is 4.92 Å². The number of nitrogens with zero attached hydrogens (tertiary/aromatic N) is 1. The number of amides is 1. The number of ether oxygens (including phenoxy) is 2. The van der Waals surface area contributed by atoms with Crippen molar-refractivity contribution >= 4 is 17.3 Å². The molecular formula is C22H26N3O5+. The summed E-state index contributed by atoms with van der Waals surface area (Å²) < 4.78 is 11.5. The highest BCUT2D eigenvalue weighted by Gasteiger charge is 2.32. The fourth-order valence-electron chi connectivity index (χ4n) is 4.18. The maximum atomic E-state index is 12.7. The number of nitro groups is 1. The summed E-state index contributed by atoms with van der Waals surface area (Å²) in [6.07, 6.45) is 2.90. The Balaban J connectivity index is 1.46. The van der Waals surface area contributed by atoms with Crippen LogP contribution >= 0.6 is 0 Å². The second-order valence-electron chi connectivity index (χ2n) is 7.84. The number of benzene rings is 2. The topological polar surface area (TPSA) is 95.1 Å². The number of aryl methyl sites for hydroxylation is 1. The highest BCUT2D eigenvalue weighted by Crippen LogP contribution is 2.33. The Morgan fingerprint density at radius 1 is 1.17 bits per heavy atom. The Labute approximate surface area is 174 Å². The lowest BCUT2D eigenvalue weighted by atomic mass is 10.0. The summed E-state index contributed by atoms with van der Waals surface area (Å²) in [5, 5.41) is 13.9. The predicted molar refractivity (Wildman–Crippen MR) is 111 cm³/mol. The van der Waals surface area contributed by atoms with Gasteiger partial charge < -0.3 is 19.7 Å². The summed E-state index contributed by atoms with van der Waals surface area (Å²) in [6, 6.07) is 10.8. The molecule has 0 bridgehead atoms. The molecule has 1 unspecified atom stereocenters. The molecule has 1 amide bonds. The van der Waals surface area contributed by atoms with Crippen LogP contribution in [0.5, 0.6) is 11.5 Å². The number of nitrogens with one attached hydrogen (secondary N) is 2. The molecular weight excluding hydrogens is 386 g/mol. The van der Waals surface area contributed by atoms with Crippen LogP contribution < -0.4 is 19.7 Å². The van der Waals surface area contributed by atoms with E-state index in [0.717, 1.165) is 48.4 Å². The Morgan fingerprint density at radius 2 is 1.97 bits per heavy atom. The molecule has 158 valence electrons. The molecule has 4 rings (SSSR count). The fourth-order valence-corrected chi connectivity index (χ4v) is 4.18. The van der Waals surface area contributed by atoms with Crippen LogP contribution in [0, 0.1) is 17.0 Å². The van der Waals surface area contributed by atoms with Gasteiger partial charge in [0.25, 0.3) is 11.6 Å². The third-order valence-corrected chi connectivity index (χ3v) is 5.75. The number of non-ortho nitro benzene ring substituents is 1. The maximum absolute atomic E-state index is 12.7. The number of quaternary nitrogens is 1. The van der Waals surface area contributed by atoms with Crippen LogP contribution in [0.3, 0.4) is 0 Å². The Kier molecular flexibility index (Phi) is 5.85. The monoisotopic (exact) mass is 412 g/mol. The zero-order chi connectivity index (χ0) is 21.1. The number of nitro benzene ring substituents is 1. The van der Waals surface area contributed by atoms with E-state index in [1.807, 2.05) is 19.1 Å². The molecule has 2 aliphatic heterocycles. The van der Waals surface area contributed by atoms with Crippen molar-refractivity contribution in [2.45, 2.75) is 32.2 Å². The molecule has 0 aliphatic carbocycles. The standard InChI is InChI=1S/C22H25N3O5/c1-15-5-7-17(25(27)28)13-18(15)23-22(26)14-24-9-2-4-19(24)16-6-8-20-21(12-16)30-11-3-10-29-20/h5-8,12-13,19H,2-4,9-11,14H2,1H3,(H,23,26)/p+1/t19-/m1/s1. The van der Waals surface area contributed by atoms with Crippen LogP contribution in [0.25, 0.3) is 0 Å². The number of anilines is 1. The van der Waals surface area contributed by atoms with E-state index in [0.29, 0.717) is 25.4 Å². The second-order valence-corrected chi connectivity index (χ2v) is 7.84. The first-order valence-electron chi connectivity index (χ1n) is 10.3. The van der Waals surface area contributed by atoms with Gasteiger partial charge in [0, 0.05) is 37.0 Å². The predicted octanol–water partition coefficient (Wildman–Crippen LogP) is 2.42. The first-order valence-corrected chi connectivity index (χ1v) is 10.3. The number of fused-ring (bicyclic) bond motifs is 1. The van der Waals surface area contributed by atoms with Crippen LogP contribution in [-0.2, 0) is 4.79 Å². The van der Waals surface area contributed by atoms with Crippen LogP contribution in [0.4, 0.5) is 11.4 Å². The van der Waals surface area contributed by atoms with E-state index in [9.17, 15) is 14.9 Å². The lowest BCUT2D eigenvalue weighted by molar-refractivity contribution is -0.910. The van der Waals surface area contributed by atoms with Gasteiger partial charge in [0.05, 0.1) is 30.4 Å². The molecule has 0 radical (unpaired) electrons. The average molecular weight is 412 g/mol. The SMILES string of the molecule is Cc1ccc([N+](=O)[O-])cc1NC(=O)C[NH+]1CCC[C@@H]1c1ccc2c(c1)OCCCO2. The second kappa shape index (κ2) is 8.71. The minimum absolute atomic E-state index is 0.0329. The number of likely N-dealkylation sites (tertiary alicyclic amines) is 1. The normalized spacial score (nSPS) is 20.4. The zero-order valence-corrected chi connectivity index (χ0v) is 17.0. The van der Waals surface area contributed by atoms with Gasteiger partial charge in [-0.2, -0.15) is 0 Å². The summed E-state index contributed by atoms with van der Waals surface area (Å²) >= 11 is 0. The number of carbonyl (C=O) groups is 1. The van der Waals surface area contributed by atoms with E-state index in [2.05, 4.69) is 11.4 Å². The smallest absolute Gasteiger partial charge is 0.279 e. The molecule has 1 saturated heterocycles.